The summed E-state index contributed by atoms with van der Waals surface area (Å²) in [5.41, 5.74) is 0. The third-order valence-corrected chi connectivity index (χ3v) is 4.32. The van der Waals surface area contributed by atoms with Gasteiger partial charge in [0, 0.05) is 13.0 Å². The van der Waals surface area contributed by atoms with Crippen LogP contribution in [0.3, 0.4) is 0 Å². The summed E-state index contributed by atoms with van der Waals surface area (Å²) in [5.74, 6) is -0.0448. The van der Waals surface area contributed by atoms with Crippen molar-refractivity contribution >= 4 is 11.7 Å². The van der Waals surface area contributed by atoms with Gasteiger partial charge >= 0.3 is 0 Å². The number of carbonyl (C=O) groups is 2. The van der Waals surface area contributed by atoms with Gasteiger partial charge in [-0.3, -0.25) is 9.59 Å². The zero-order valence-corrected chi connectivity index (χ0v) is 13.5. The number of carbonyl (C=O) groups excluding carboxylic acids is 2. The Labute approximate surface area is 128 Å². The Kier molecular flexibility index (Phi) is 9.31. The van der Waals surface area contributed by atoms with Gasteiger partial charge < -0.3 is 10.0 Å². The van der Waals surface area contributed by atoms with Crippen LogP contribution in [-0.2, 0) is 9.59 Å². The first-order valence-corrected chi connectivity index (χ1v) is 8.61. The number of amides is 1. The van der Waals surface area contributed by atoms with E-state index < -0.39 is 0 Å². The molecule has 21 heavy (non-hydrogen) atoms. The number of hydrogen-bond acceptors (Lipinski definition) is 3. The minimum atomic E-state index is -0.0977. The van der Waals surface area contributed by atoms with Gasteiger partial charge in [0.25, 0.3) is 0 Å². The van der Waals surface area contributed by atoms with E-state index in [0.29, 0.717) is 13.0 Å². The molecule has 1 heterocycles. The molecule has 1 atom stereocenters. The quantitative estimate of drug-likeness (QED) is 0.471. The molecule has 1 rings (SSSR count). The Morgan fingerprint density at radius 1 is 1.10 bits per heavy atom. The third-order valence-electron chi connectivity index (χ3n) is 4.32. The number of Topliss-reactive ketones (excluding diaryl/α,β-unsaturated/α-hetero) is 1. The molecule has 1 N–H and O–H groups in total. The predicted octanol–water partition coefficient (Wildman–Crippen LogP) is 3.07. The van der Waals surface area contributed by atoms with Crippen molar-refractivity contribution in [3.8, 4) is 0 Å². The highest BCUT2D eigenvalue weighted by atomic mass is 16.3. The molecule has 0 radical (unpaired) electrons. The van der Waals surface area contributed by atoms with Crippen LogP contribution >= 0.6 is 0 Å². The highest BCUT2D eigenvalue weighted by Crippen LogP contribution is 2.18. The standard InChI is InChI=1S/C17H31NO3/c1-2-3-4-5-6-7-8-11-16(20)13-17(21)18-12-9-10-15(18)14-19/h15,19H,2-14H2,1H3. The van der Waals surface area contributed by atoms with Crippen LogP contribution in [0.2, 0.25) is 0 Å². The molecule has 1 amide bonds. The van der Waals surface area contributed by atoms with Crippen LogP contribution in [0.4, 0.5) is 0 Å². The lowest BCUT2D eigenvalue weighted by Gasteiger charge is -2.22. The molecule has 4 nitrogen and oxygen atoms in total. The lowest BCUT2D eigenvalue weighted by Crippen LogP contribution is -2.38. The van der Waals surface area contributed by atoms with Gasteiger partial charge in [0.1, 0.15) is 5.78 Å². The second kappa shape index (κ2) is 10.8. The second-order valence-corrected chi connectivity index (χ2v) is 6.15. The van der Waals surface area contributed by atoms with Gasteiger partial charge in [0.2, 0.25) is 5.91 Å². The fraction of sp³-hybridized carbons (Fsp3) is 0.882. The summed E-state index contributed by atoms with van der Waals surface area (Å²) >= 11 is 0. The van der Waals surface area contributed by atoms with Gasteiger partial charge in [0.05, 0.1) is 19.1 Å². The number of rotatable bonds is 11. The Hall–Kier alpha value is -0.900. The first-order chi connectivity index (χ1) is 10.2. The zero-order valence-electron chi connectivity index (χ0n) is 13.5. The van der Waals surface area contributed by atoms with Crippen LogP contribution in [0.25, 0.3) is 0 Å². The van der Waals surface area contributed by atoms with E-state index >= 15 is 0 Å². The van der Waals surface area contributed by atoms with Gasteiger partial charge in [0.15, 0.2) is 0 Å². The highest BCUT2D eigenvalue weighted by molar-refractivity contribution is 5.98. The average molecular weight is 297 g/mol. The molecule has 1 fully saturated rings. The molecule has 1 aliphatic heterocycles. The molecule has 0 aliphatic carbocycles. The van der Waals surface area contributed by atoms with Crippen molar-refractivity contribution in [2.45, 2.75) is 83.6 Å². The van der Waals surface area contributed by atoms with Crippen LogP contribution < -0.4 is 0 Å². The minimum Gasteiger partial charge on any atom is -0.394 e. The SMILES string of the molecule is CCCCCCCCCC(=O)CC(=O)N1CCCC1CO. The van der Waals surface area contributed by atoms with Crippen molar-refractivity contribution in [3.05, 3.63) is 0 Å². The highest BCUT2D eigenvalue weighted by Gasteiger charge is 2.28. The first-order valence-electron chi connectivity index (χ1n) is 8.61. The number of ketones is 1. The van der Waals surface area contributed by atoms with E-state index in [2.05, 4.69) is 6.92 Å². The first kappa shape index (κ1) is 18.1. The molecule has 4 heteroatoms. The molecular weight excluding hydrogens is 266 g/mol. The largest absolute Gasteiger partial charge is 0.394 e. The van der Waals surface area contributed by atoms with Gasteiger partial charge in [-0.15, -0.1) is 0 Å². The molecule has 0 aromatic heterocycles. The molecule has 1 saturated heterocycles. The second-order valence-electron chi connectivity index (χ2n) is 6.15. The minimum absolute atomic E-state index is 0.0116. The number of aliphatic hydroxyl groups excluding tert-OH is 1. The van der Waals surface area contributed by atoms with Crippen LogP contribution in [-0.4, -0.2) is 40.9 Å². The third kappa shape index (κ3) is 7.07. The van der Waals surface area contributed by atoms with Crippen LogP contribution in [0.15, 0.2) is 0 Å². The predicted molar refractivity (Wildman–Crippen MR) is 84.1 cm³/mol. The zero-order chi connectivity index (χ0) is 15.5. The molecule has 0 spiro atoms. The van der Waals surface area contributed by atoms with Crippen molar-refractivity contribution in [3.63, 3.8) is 0 Å². The van der Waals surface area contributed by atoms with E-state index in [1.165, 1.54) is 32.1 Å². The lowest BCUT2D eigenvalue weighted by atomic mass is 10.1. The van der Waals surface area contributed by atoms with E-state index in [1.54, 1.807) is 4.90 Å². The number of unbranched alkanes of at least 4 members (excludes halogenated alkanes) is 6. The maximum atomic E-state index is 12.0. The smallest absolute Gasteiger partial charge is 0.230 e. The van der Waals surface area contributed by atoms with E-state index in [4.69, 9.17) is 0 Å². The normalized spacial score (nSPS) is 18.2. The van der Waals surface area contributed by atoms with Gasteiger partial charge in [-0.05, 0) is 19.3 Å². The van der Waals surface area contributed by atoms with Gasteiger partial charge in [-0.25, -0.2) is 0 Å². The molecule has 0 saturated carbocycles. The fourth-order valence-electron chi connectivity index (χ4n) is 2.99. The summed E-state index contributed by atoms with van der Waals surface area (Å²) < 4.78 is 0. The lowest BCUT2D eigenvalue weighted by molar-refractivity contribution is -0.136. The molecule has 1 aliphatic rings. The van der Waals surface area contributed by atoms with Gasteiger partial charge in [-0.2, -0.15) is 0 Å². The van der Waals surface area contributed by atoms with Crippen molar-refractivity contribution in [1.29, 1.82) is 0 Å². The number of hydrogen-bond donors (Lipinski definition) is 1. The molecule has 0 aromatic rings. The number of nitrogens with zero attached hydrogens (tertiary/aromatic N) is 1. The summed E-state index contributed by atoms with van der Waals surface area (Å²) in [6, 6.07) is -0.0659. The van der Waals surface area contributed by atoms with Crippen LogP contribution in [0.1, 0.15) is 77.6 Å². The Balaban J connectivity index is 2.09. The van der Waals surface area contributed by atoms with E-state index in [9.17, 15) is 14.7 Å². The summed E-state index contributed by atoms with van der Waals surface area (Å²) in [6.45, 7) is 2.91. The molecule has 0 aromatic carbocycles. The van der Waals surface area contributed by atoms with E-state index in [0.717, 1.165) is 25.7 Å². The van der Waals surface area contributed by atoms with Crippen molar-refractivity contribution in [2.24, 2.45) is 0 Å². The summed E-state index contributed by atoms with van der Waals surface area (Å²) in [7, 11) is 0. The fourth-order valence-corrected chi connectivity index (χ4v) is 2.99. The van der Waals surface area contributed by atoms with E-state index in [1.807, 2.05) is 0 Å². The Morgan fingerprint density at radius 3 is 2.43 bits per heavy atom. The van der Waals surface area contributed by atoms with Crippen LogP contribution in [0.5, 0.6) is 0 Å². The number of likely N-dealkylation sites (tertiary alicyclic amines) is 1. The summed E-state index contributed by atoms with van der Waals surface area (Å²) in [4.78, 5) is 25.5. The summed E-state index contributed by atoms with van der Waals surface area (Å²) in [6.07, 6.45) is 10.6. The van der Waals surface area contributed by atoms with E-state index in [-0.39, 0.29) is 30.8 Å². The van der Waals surface area contributed by atoms with Crippen molar-refractivity contribution in [1.82, 2.24) is 4.90 Å². The monoisotopic (exact) mass is 297 g/mol. The molecular formula is C17H31NO3. The number of aliphatic hydroxyl groups is 1. The van der Waals surface area contributed by atoms with Crippen LogP contribution in [0, 0.1) is 0 Å². The van der Waals surface area contributed by atoms with Crippen molar-refractivity contribution < 1.29 is 14.7 Å². The molecule has 122 valence electrons. The maximum absolute atomic E-state index is 12.0. The van der Waals surface area contributed by atoms with Crippen molar-refractivity contribution in [2.75, 3.05) is 13.2 Å². The van der Waals surface area contributed by atoms with Gasteiger partial charge in [-0.1, -0.05) is 45.4 Å². The average Bonchev–Trinajstić information content (AvgIpc) is 2.94. The Morgan fingerprint density at radius 2 is 1.76 bits per heavy atom. The molecule has 0 bridgehead atoms. The maximum Gasteiger partial charge on any atom is 0.230 e. The molecule has 1 unspecified atom stereocenters. The topological polar surface area (TPSA) is 57.6 Å². The summed E-state index contributed by atoms with van der Waals surface area (Å²) in [5, 5.41) is 9.20. The Bertz CT molecular complexity index is 317.